The molecule has 0 bridgehead atoms. The van der Waals surface area contributed by atoms with E-state index in [0.717, 1.165) is 24.2 Å². The number of ether oxygens (including phenoxy) is 1. The lowest BCUT2D eigenvalue weighted by molar-refractivity contribution is -0.118. The van der Waals surface area contributed by atoms with Gasteiger partial charge in [0.15, 0.2) is 6.61 Å². The minimum absolute atomic E-state index is 0.0218. The van der Waals surface area contributed by atoms with Gasteiger partial charge in [0.2, 0.25) is 0 Å². The van der Waals surface area contributed by atoms with E-state index in [-0.39, 0.29) is 23.3 Å². The highest BCUT2D eigenvalue weighted by atomic mass is 16.5. The molecule has 2 aromatic rings. The van der Waals surface area contributed by atoms with E-state index in [1.807, 2.05) is 24.3 Å². The first-order valence-electron chi connectivity index (χ1n) is 9.74. The van der Waals surface area contributed by atoms with Crippen LogP contribution in [0.1, 0.15) is 65.5 Å². The maximum Gasteiger partial charge on any atom is 0.262 e. The fraction of sp³-hybridized carbons (Fsp3) is 0.458. The number of anilines is 1. The van der Waals surface area contributed by atoms with Crippen molar-refractivity contribution >= 4 is 11.6 Å². The molecule has 0 unspecified atom stereocenters. The van der Waals surface area contributed by atoms with Crippen LogP contribution in [-0.4, -0.2) is 12.5 Å². The first-order valence-corrected chi connectivity index (χ1v) is 9.74. The third kappa shape index (κ3) is 5.35. The highest BCUT2D eigenvalue weighted by Gasteiger charge is 2.26. The maximum atomic E-state index is 12.2. The van der Waals surface area contributed by atoms with Crippen LogP contribution >= 0.6 is 0 Å². The van der Waals surface area contributed by atoms with Gasteiger partial charge >= 0.3 is 0 Å². The van der Waals surface area contributed by atoms with Gasteiger partial charge < -0.3 is 10.1 Å². The molecule has 0 aliphatic heterocycles. The first-order chi connectivity index (χ1) is 12.7. The summed E-state index contributed by atoms with van der Waals surface area (Å²) >= 11 is 0. The number of hydrogen-bond donors (Lipinski definition) is 1. The number of nitrogens with one attached hydrogen (secondary N) is 1. The number of rotatable bonds is 8. The summed E-state index contributed by atoms with van der Waals surface area (Å²) in [6, 6.07) is 16.7. The molecule has 1 amide bonds. The van der Waals surface area contributed by atoms with E-state index in [9.17, 15) is 4.79 Å². The van der Waals surface area contributed by atoms with Gasteiger partial charge in [0.1, 0.15) is 5.75 Å². The Morgan fingerprint density at radius 1 is 1.04 bits per heavy atom. The summed E-state index contributed by atoms with van der Waals surface area (Å²) in [5.74, 6) is 0.598. The van der Waals surface area contributed by atoms with Crippen LogP contribution in [0.15, 0.2) is 42.5 Å². The van der Waals surface area contributed by atoms with Gasteiger partial charge in [-0.05, 0) is 41.4 Å². The van der Waals surface area contributed by atoms with Crippen LogP contribution in [0.3, 0.4) is 0 Å². The zero-order valence-electron chi connectivity index (χ0n) is 17.5. The Bertz CT molecular complexity index is 763. The van der Waals surface area contributed by atoms with E-state index in [4.69, 9.17) is 4.74 Å². The van der Waals surface area contributed by atoms with E-state index in [1.54, 1.807) is 6.07 Å². The Morgan fingerprint density at radius 3 is 2.33 bits per heavy atom. The lowest BCUT2D eigenvalue weighted by Crippen LogP contribution is -2.24. The predicted molar refractivity (Wildman–Crippen MR) is 112 cm³/mol. The van der Waals surface area contributed by atoms with Crippen molar-refractivity contribution in [1.29, 1.82) is 0 Å². The molecular weight excluding hydrogens is 334 g/mol. The number of amides is 1. The van der Waals surface area contributed by atoms with Crippen LogP contribution in [0.4, 0.5) is 5.69 Å². The number of hydrogen-bond acceptors (Lipinski definition) is 2. The molecule has 0 aliphatic rings. The summed E-state index contributed by atoms with van der Waals surface area (Å²) in [5, 5.41) is 2.81. The molecule has 2 aromatic carbocycles. The van der Waals surface area contributed by atoms with Crippen LogP contribution in [0, 0.1) is 6.07 Å². The van der Waals surface area contributed by atoms with E-state index >= 15 is 0 Å². The second-order valence-electron chi connectivity index (χ2n) is 8.30. The molecule has 145 valence electrons. The maximum absolute atomic E-state index is 12.2. The van der Waals surface area contributed by atoms with Crippen molar-refractivity contribution in [2.24, 2.45) is 0 Å². The lowest BCUT2D eigenvalue weighted by Gasteiger charge is -2.30. The van der Waals surface area contributed by atoms with Gasteiger partial charge in [0, 0.05) is 17.3 Å². The third-order valence-electron chi connectivity index (χ3n) is 5.60. The third-order valence-corrected chi connectivity index (χ3v) is 5.60. The minimum Gasteiger partial charge on any atom is -0.483 e. The van der Waals surface area contributed by atoms with Crippen molar-refractivity contribution in [2.75, 3.05) is 11.9 Å². The first kappa shape index (κ1) is 21.0. The van der Waals surface area contributed by atoms with Crippen molar-refractivity contribution in [3.8, 4) is 5.75 Å². The zero-order chi connectivity index (χ0) is 20.1. The van der Waals surface area contributed by atoms with E-state index < -0.39 is 0 Å². The van der Waals surface area contributed by atoms with E-state index in [1.165, 1.54) is 5.56 Å². The average molecular weight is 367 g/mol. The topological polar surface area (TPSA) is 38.3 Å². The molecule has 2 rings (SSSR count). The van der Waals surface area contributed by atoms with Gasteiger partial charge in [-0.15, -0.1) is 0 Å². The van der Waals surface area contributed by atoms with Gasteiger partial charge in [0.05, 0.1) is 0 Å². The highest BCUT2D eigenvalue weighted by molar-refractivity contribution is 5.91. The molecule has 27 heavy (non-hydrogen) atoms. The Morgan fingerprint density at radius 2 is 1.74 bits per heavy atom. The molecule has 0 aliphatic carbocycles. The summed E-state index contributed by atoms with van der Waals surface area (Å²) in [6.07, 6.45) is 2.06. The molecule has 1 N–H and O–H groups in total. The average Bonchev–Trinajstić information content (AvgIpc) is 2.67. The molecular formula is C24H32NO2. The lowest BCUT2D eigenvalue weighted by atomic mass is 9.76. The molecule has 1 radical (unpaired) electrons. The standard InChI is InChI=1S/C24H32NO2/c1-7-23(3,4)18-14-15-21(20(16-18)24(5,6)8-2)27-17-22(26)25-19-12-10-9-11-13-19/h9-12,14-16H,7-8,17H2,1-6H3,(H,25,26). The highest BCUT2D eigenvalue weighted by Crippen LogP contribution is 2.38. The fourth-order valence-electron chi connectivity index (χ4n) is 2.80. The summed E-state index contributed by atoms with van der Waals surface area (Å²) in [5.41, 5.74) is 3.19. The quantitative estimate of drug-likeness (QED) is 0.633. The van der Waals surface area contributed by atoms with E-state index in [2.05, 4.69) is 65.1 Å². The largest absolute Gasteiger partial charge is 0.483 e. The second-order valence-corrected chi connectivity index (χ2v) is 8.30. The van der Waals surface area contributed by atoms with Crippen molar-refractivity contribution in [3.05, 3.63) is 59.7 Å². The summed E-state index contributed by atoms with van der Waals surface area (Å²) in [6.45, 7) is 13.3. The number of para-hydroxylation sites is 1. The Labute approximate surface area is 164 Å². The Kier molecular flexibility index (Phi) is 6.69. The van der Waals surface area contributed by atoms with Crippen molar-refractivity contribution in [3.63, 3.8) is 0 Å². The number of carbonyl (C=O) groups is 1. The number of benzene rings is 2. The summed E-state index contributed by atoms with van der Waals surface area (Å²) < 4.78 is 5.93. The zero-order valence-corrected chi connectivity index (χ0v) is 17.5. The van der Waals surface area contributed by atoms with Crippen LogP contribution in [-0.2, 0) is 15.6 Å². The molecule has 0 atom stereocenters. The second kappa shape index (κ2) is 8.60. The van der Waals surface area contributed by atoms with Crippen molar-refractivity contribution < 1.29 is 9.53 Å². The van der Waals surface area contributed by atoms with Gasteiger partial charge in [-0.25, -0.2) is 0 Å². The van der Waals surface area contributed by atoms with Crippen molar-refractivity contribution in [2.45, 2.75) is 65.2 Å². The van der Waals surface area contributed by atoms with Gasteiger partial charge in [-0.3, -0.25) is 4.79 Å². The molecule has 0 saturated carbocycles. The molecule has 0 heterocycles. The van der Waals surface area contributed by atoms with E-state index in [0.29, 0.717) is 5.69 Å². The smallest absolute Gasteiger partial charge is 0.262 e. The normalized spacial score (nSPS) is 11.9. The van der Waals surface area contributed by atoms with Crippen LogP contribution in [0.5, 0.6) is 5.75 Å². The SMILES string of the molecule is CCC(C)(C)c1ccc(OCC(=O)Nc2[c]cccc2)c(C(C)(C)CC)c1. The van der Waals surface area contributed by atoms with Gasteiger partial charge in [0.25, 0.3) is 5.91 Å². The summed E-state index contributed by atoms with van der Waals surface area (Å²) in [7, 11) is 0. The van der Waals surface area contributed by atoms with Gasteiger partial charge in [-0.2, -0.15) is 0 Å². The summed E-state index contributed by atoms with van der Waals surface area (Å²) in [4.78, 5) is 12.2. The molecule has 0 fully saturated rings. The minimum atomic E-state index is -0.185. The Hall–Kier alpha value is -2.29. The van der Waals surface area contributed by atoms with Crippen LogP contribution in [0.2, 0.25) is 0 Å². The Balaban J connectivity index is 2.21. The van der Waals surface area contributed by atoms with Gasteiger partial charge in [-0.1, -0.05) is 71.9 Å². The predicted octanol–water partition coefficient (Wildman–Crippen LogP) is 5.88. The molecule has 0 aromatic heterocycles. The molecule has 3 heteroatoms. The van der Waals surface area contributed by atoms with Crippen LogP contribution in [0.25, 0.3) is 0 Å². The molecule has 3 nitrogen and oxygen atoms in total. The van der Waals surface area contributed by atoms with Crippen LogP contribution < -0.4 is 10.1 Å². The number of carbonyl (C=O) groups excluding carboxylic acids is 1. The van der Waals surface area contributed by atoms with Crippen molar-refractivity contribution in [1.82, 2.24) is 0 Å². The molecule has 0 spiro atoms. The fourth-order valence-corrected chi connectivity index (χ4v) is 2.80. The monoisotopic (exact) mass is 366 g/mol. The molecule has 0 saturated heterocycles.